The van der Waals surface area contributed by atoms with Crippen molar-refractivity contribution < 1.29 is 19.1 Å². The molecule has 1 aliphatic carbocycles. The minimum atomic E-state index is -0.774. The molecule has 2 N–H and O–H groups in total. The number of nitrogens with zero attached hydrogens (tertiary/aromatic N) is 5. The number of oxazole rings is 1. The van der Waals surface area contributed by atoms with Gasteiger partial charge in [-0.25, -0.2) is 9.67 Å². The molecule has 0 aromatic carbocycles. The minimum absolute atomic E-state index is 0.102. The molecule has 10 heteroatoms. The van der Waals surface area contributed by atoms with Crippen molar-refractivity contribution in [3.8, 4) is 0 Å². The molecule has 4 rings (SSSR count). The van der Waals surface area contributed by atoms with Gasteiger partial charge in [0.15, 0.2) is 6.39 Å². The van der Waals surface area contributed by atoms with Crippen LogP contribution < -0.4 is 5.32 Å². The fourth-order valence-corrected chi connectivity index (χ4v) is 4.15. The van der Waals surface area contributed by atoms with Gasteiger partial charge in [-0.15, -0.1) is 5.10 Å². The van der Waals surface area contributed by atoms with E-state index in [0.717, 1.165) is 18.5 Å². The first-order chi connectivity index (χ1) is 14.6. The first-order valence-electron chi connectivity index (χ1n) is 10.7. The second kappa shape index (κ2) is 8.07. The number of hydrogen-bond donors (Lipinski definition) is 2. The Morgan fingerprint density at radius 2 is 2.06 bits per heavy atom. The zero-order chi connectivity index (χ0) is 22.3. The predicted octanol–water partition coefficient (Wildman–Crippen LogP) is 1.57. The molecule has 10 nitrogen and oxygen atoms in total. The van der Waals surface area contributed by atoms with Crippen LogP contribution in [-0.2, 0) is 9.59 Å². The van der Waals surface area contributed by atoms with Crippen molar-refractivity contribution in [3.05, 3.63) is 30.2 Å². The fourth-order valence-electron chi connectivity index (χ4n) is 4.15. The minimum Gasteiger partial charge on any atom is -0.446 e. The third-order valence-electron chi connectivity index (χ3n) is 5.94. The van der Waals surface area contributed by atoms with Crippen LogP contribution in [0.3, 0.4) is 0 Å². The van der Waals surface area contributed by atoms with Gasteiger partial charge in [0.2, 0.25) is 11.8 Å². The topological polar surface area (TPSA) is 126 Å². The summed E-state index contributed by atoms with van der Waals surface area (Å²) < 4.78 is 6.87. The van der Waals surface area contributed by atoms with E-state index in [1.165, 1.54) is 17.5 Å². The maximum absolute atomic E-state index is 13.7. The average molecular weight is 431 g/mol. The van der Waals surface area contributed by atoms with E-state index in [0.29, 0.717) is 11.7 Å². The largest absolute Gasteiger partial charge is 0.446 e. The van der Waals surface area contributed by atoms with E-state index < -0.39 is 29.6 Å². The Labute approximate surface area is 181 Å². The lowest BCUT2D eigenvalue weighted by Crippen LogP contribution is -2.50. The van der Waals surface area contributed by atoms with Crippen molar-refractivity contribution >= 4 is 11.8 Å². The summed E-state index contributed by atoms with van der Waals surface area (Å²) in [5.41, 5.74) is 0.437. The highest BCUT2D eigenvalue weighted by molar-refractivity contribution is 5.90. The number of likely N-dealkylation sites (tertiary alicyclic amines) is 1. The third-order valence-corrected chi connectivity index (χ3v) is 5.94. The Morgan fingerprint density at radius 1 is 1.32 bits per heavy atom. The number of carbonyl (C=O) groups is 2. The maximum atomic E-state index is 13.7. The summed E-state index contributed by atoms with van der Waals surface area (Å²) in [6.07, 6.45) is 6.29. The van der Waals surface area contributed by atoms with Crippen molar-refractivity contribution in [2.45, 2.75) is 77.1 Å². The Balaban J connectivity index is 1.55. The maximum Gasteiger partial charge on any atom is 0.248 e. The smallest absolute Gasteiger partial charge is 0.248 e. The van der Waals surface area contributed by atoms with Crippen molar-refractivity contribution in [2.24, 2.45) is 5.41 Å². The van der Waals surface area contributed by atoms with Gasteiger partial charge in [-0.05, 0) is 25.2 Å². The lowest BCUT2D eigenvalue weighted by Gasteiger charge is -2.34. The number of aliphatic hydroxyl groups excluding tert-OH is 1. The lowest BCUT2D eigenvalue weighted by atomic mass is 9.85. The van der Waals surface area contributed by atoms with Gasteiger partial charge in [-0.2, -0.15) is 0 Å². The monoisotopic (exact) mass is 430 g/mol. The number of β-amino-alcohol motifs (C(OH)–C–C–N with tert-alkyl or cyclic N) is 1. The van der Waals surface area contributed by atoms with E-state index in [1.807, 2.05) is 27.0 Å². The highest BCUT2D eigenvalue weighted by Gasteiger charge is 2.45. The van der Waals surface area contributed by atoms with Crippen LogP contribution in [0.5, 0.6) is 0 Å². The van der Waals surface area contributed by atoms with Gasteiger partial charge in [0.05, 0.1) is 24.0 Å². The van der Waals surface area contributed by atoms with E-state index in [1.54, 1.807) is 11.6 Å². The SMILES string of the molecule is CC(NC(=O)C1CC(O)CN1C(=O)[C@H](n1cc(C2CC2)nn1)C(C)(C)C)c1cnco1. The summed E-state index contributed by atoms with van der Waals surface area (Å²) in [4.78, 5) is 32.0. The van der Waals surface area contributed by atoms with Gasteiger partial charge < -0.3 is 19.7 Å². The van der Waals surface area contributed by atoms with Crippen LogP contribution in [0.4, 0.5) is 0 Å². The number of hydrogen-bond acceptors (Lipinski definition) is 7. The number of rotatable bonds is 6. The second-order valence-corrected chi connectivity index (χ2v) is 9.70. The molecule has 168 valence electrons. The van der Waals surface area contributed by atoms with Crippen molar-refractivity contribution in [1.82, 2.24) is 30.2 Å². The van der Waals surface area contributed by atoms with E-state index in [-0.39, 0.29) is 24.8 Å². The van der Waals surface area contributed by atoms with Gasteiger partial charge in [-0.3, -0.25) is 9.59 Å². The summed E-state index contributed by atoms with van der Waals surface area (Å²) in [6.45, 7) is 7.76. The molecule has 4 atom stereocenters. The molecule has 1 saturated carbocycles. The lowest BCUT2D eigenvalue weighted by molar-refractivity contribution is -0.144. The van der Waals surface area contributed by atoms with Gasteiger partial charge in [0.1, 0.15) is 17.8 Å². The number of aliphatic hydroxyl groups is 1. The van der Waals surface area contributed by atoms with E-state index >= 15 is 0 Å². The molecule has 0 radical (unpaired) electrons. The zero-order valence-electron chi connectivity index (χ0n) is 18.4. The molecule has 1 aliphatic heterocycles. The molecular weight excluding hydrogens is 400 g/mol. The Kier molecular flexibility index (Phi) is 5.59. The molecule has 31 heavy (non-hydrogen) atoms. The van der Waals surface area contributed by atoms with Crippen LogP contribution in [-0.4, -0.2) is 60.5 Å². The number of amides is 2. The van der Waals surface area contributed by atoms with Crippen LogP contribution in [0.25, 0.3) is 0 Å². The van der Waals surface area contributed by atoms with E-state index in [4.69, 9.17) is 4.42 Å². The molecule has 3 unspecified atom stereocenters. The van der Waals surface area contributed by atoms with Crippen molar-refractivity contribution in [1.29, 1.82) is 0 Å². The molecule has 2 aromatic heterocycles. The standard InChI is InChI=1S/C21H30N6O4/c1-12(17-8-22-11-31-17)23-19(29)16-7-14(28)9-26(16)20(30)18(21(2,3)4)27-10-15(24-25-27)13-5-6-13/h8,10-14,16,18,28H,5-7,9H2,1-4H3,(H,23,29)/t12?,14?,16?,18-/m0/s1. The number of nitrogens with one attached hydrogen (secondary N) is 1. The molecule has 2 aliphatic rings. The molecule has 0 spiro atoms. The molecule has 2 aromatic rings. The van der Waals surface area contributed by atoms with E-state index in [9.17, 15) is 14.7 Å². The molecule has 0 bridgehead atoms. The summed E-state index contributed by atoms with van der Waals surface area (Å²) in [6, 6.07) is -1.82. The van der Waals surface area contributed by atoms with Crippen LogP contribution in [0, 0.1) is 5.41 Å². The van der Waals surface area contributed by atoms with Crippen LogP contribution in [0.15, 0.2) is 23.2 Å². The third kappa shape index (κ3) is 4.48. The second-order valence-electron chi connectivity index (χ2n) is 9.70. The van der Waals surface area contributed by atoms with Gasteiger partial charge in [0, 0.05) is 25.1 Å². The Hall–Kier alpha value is -2.75. The average Bonchev–Trinajstić information content (AvgIpc) is 3.11. The van der Waals surface area contributed by atoms with Gasteiger partial charge in [0.25, 0.3) is 0 Å². The Bertz CT molecular complexity index is 930. The highest BCUT2D eigenvalue weighted by atomic mass is 16.3. The highest BCUT2D eigenvalue weighted by Crippen LogP contribution is 2.40. The summed E-state index contributed by atoms with van der Waals surface area (Å²) >= 11 is 0. The number of aromatic nitrogens is 4. The van der Waals surface area contributed by atoms with Crippen molar-refractivity contribution in [3.63, 3.8) is 0 Å². The Morgan fingerprint density at radius 3 is 2.68 bits per heavy atom. The fraction of sp³-hybridized carbons (Fsp3) is 0.667. The quantitative estimate of drug-likeness (QED) is 0.712. The summed E-state index contributed by atoms with van der Waals surface area (Å²) in [5.74, 6) is 0.365. The first-order valence-corrected chi connectivity index (χ1v) is 10.7. The van der Waals surface area contributed by atoms with Crippen LogP contribution in [0.1, 0.15) is 76.4 Å². The normalized spacial score (nSPS) is 23.6. The van der Waals surface area contributed by atoms with E-state index in [2.05, 4.69) is 20.6 Å². The molecular formula is C21H30N6O4. The van der Waals surface area contributed by atoms with Gasteiger partial charge >= 0.3 is 0 Å². The zero-order valence-corrected chi connectivity index (χ0v) is 18.4. The molecule has 2 amide bonds. The van der Waals surface area contributed by atoms with Gasteiger partial charge in [-0.1, -0.05) is 26.0 Å². The summed E-state index contributed by atoms with van der Waals surface area (Å²) in [7, 11) is 0. The summed E-state index contributed by atoms with van der Waals surface area (Å²) in [5, 5.41) is 21.7. The molecule has 3 heterocycles. The van der Waals surface area contributed by atoms with Crippen LogP contribution >= 0.6 is 0 Å². The first kappa shape index (κ1) is 21.5. The molecule has 1 saturated heterocycles. The van der Waals surface area contributed by atoms with Crippen molar-refractivity contribution in [2.75, 3.05) is 6.54 Å². The number of carbonyl (C=O) groups excluding carboxylic acids is 2. The van der Waals surface area contributed by atoms with Crippen LogP contribution in [0.2, 0.25) is 0 Å². The predicted molar refractivity (Wildman–Crippen MR) is 110 cm³/mol. The molecule has 2 fully saturated rings.